The summed E-state index contributed by atoms with van der Waals surface area (Å²) < 4.78 is 0. The number of amides is 1. The van der Waals surface area contributed by atoms with Gasteiger partial charge >= 0.3 is 0 Å². The van der Waals surface area contributed by atoms with E-state index in [1.54, 1.807) is 29.4 Å². The van der Waals surface area contributed by atoms with Crippen LogP contribution in [0.15, 0.2) is 21.6 Å². The second kappa shape index (κ2) is 8.14. The summed E-state index contributed by atoms with van der Waals surface area (Å²) in [5.41, 5.74) is 0.890. The number of thioether (sulfide) groups is 1. The van der Waals surface area contributed by atoms with Crippen molar-refractivity contribution in [3.63, 3.8) is 0 Å². The lowest BCUT2D eigenvalue weighted by molar-refractivity contribution is -0.120. The predicted octanol–water partition coefficient (Wildman–Crippen LogP) is 3.87. The van der Waals surface area contributed by atoms with Crippen molar-refractivity contribution in [2.75, 3.05) is 12.3 Å². The molecule has 0 fully saturated rings. The summed E-state index contributed by atoms with van der Waals surface area (Å²) in [5.74, 6) is 3.32. The molecule has 26 heavy (non-hydrogen) atoms. The molecule has 0 radical (unpaired) electrons. The predicted molar refractivity (Wildman–Crippen MR) is 106 cm³/mol. The summed E-state index contributed by atoms with van der Waals surface area (Å²) in [5, 5.41) is 13.2. The largest absolute Gasteiger partial charge is 0.356 e. The molecule has 1 aliphatic rings. The highest BCUT2D eigenvalue weighted by Crippen LogP contribution is 2.36. The Balaban J connectivity index is 1.43. The first-order chi connectivity index (χ1) is 12.5. The van der Waals surface area contributed by atoms with E-state index in [0.717, 1.165) is 21.7 Å². The molecule has 0 saturated heterocycles. The first-order valence-corrected chi connectivity index (χ1v) is 10.3. The van der Waals surface area contributed by atoms with Gasteiger partial charge in [-0.15, -0.1) is 35.4 Å². The maximum absolute atomic E-state index is 12.0. The van der Waals surface area contributed by atoms with E-state index in [9.17, 15) is 4.79 Å². The van der Waals surface area contributed by atoms with Crippen LogP contribution in [-0.4, -0.2) is 33.8 Å². The highest BCUT2D eigenvalue weighted by molar-refractivity contribution is 7.99. The Morgan fingerprint density at radius 2 is 2.15 bits per heavy atom. The fourth-order valence-electron chi connectivity index (χ4n) is 2.66. The maximum Gasteiger partial charge on any atom is 0.220 e. The molecule has 3 heterocycles. The van der Waals surface area contributed by atoms with Crippen LogP contribution in [-0.2, 0) is 4.79 Å². The number of rotatable bonds is 9. The van der Waals surface area contributed by atoms with E-state index < -0.39 is 0 Å². The van der Waals surface area contributed by atoms with E-state index >= 15 is 0 Å². The van der Waals surface area contributed by atoms with Gasteiger partial charge in [-0.1, -0.05) is 0 Å². The minimum atomic E-state index is -0.338. The van der Waals surface area contributed by atoms with E-state index in [4.69, 9.17) is 6.42 Å². The van der Waals surface area contributed by atoms with Gasteiger partial charge in [0.2, 0.25) is 5.91 Å². The van der Waals surface area contributed by atoms with Gasteiger partial charge < -0.3 is 5.32 Å². The van der Waals surface area contributed by atoms with Gasteiger partial charge in [-0.3, -0.25) is 4.79 Å². The minimum absolute atomic E-state index is 0.0359. The monoisotopic (exact) mass is 387 g/mol. The highest BCUT2D eigenvalue weighted by Gasteiger charge is 2.38. The van der Waals surface area contributed by atoms with Gasteiger partial charge in [0, 0.05) is 48.2 Å². The summed E-state index contributed by atoms with van der Waals surface area (Å²) >= 11 is 3.29. The summed E-state index contributed by atoms with van der Waals surface area (Å²) in [6.45, 7) is 4.76. The molecule has 0 unspecified atom stereocenters. The number of hydrogen-bond acceptors (Lipinski definition) is 7. The lowest BCUT2D eigenvalue weighted by atomic mass is 10.0. The number of carbonyl (C=O) groups is 1. The highest BCUT2D eigenvalue weighted by atomic mass is 32.2. The summed E-state index contributed by atoms with van der Waals surface area (Å²) in [6, 6.07) is 0. The quantitative estimate of drug-likeness (QED) is 0.402. The van der Waals surface area contributed by atoms with Gasteiger partial charge in [0.25, 0.3) is 0 Å². The zero-order valence-corrected chi connectivity index (χ0v) is 16.5. The Morgan fingerprint density at radius 1 is 1.35 bits per heavy atom. The molecule has 1 N–H and O–H groups in total. The lowest BCUT2D eigenvalue weighted by Crippen LogP contribution is -2.28. The van der Waals surface area contributed by atoms with E-state index in [-0.39, 0.29) is 11.6 Å². The second-order valence-corrected chi connectivity index (χ2v) is 8.51. The Morgan fingerprint density at radius 3 is 2.88 bits per heavy atom. The molecule has 6 nitrogen and oxygen atoms in total. The van der Waals surface area contributed by atoms with Gasteiger partial charge in [-0.25, -0.2) is 9.97 Å². The van der Waals surface area contributed by atoms with E-state index in [1.165, 1.54) is 10.4 Å². The SMILES string of the molecule is C#CCCC1(CCNC(=O)CCSc2ncnc3sc(C)c(C)c23)N=N1. The Hall–Kier alpha value is -1.98. The van der Waals surface area contributed by atoms with Crippen LogP contribution in [0.2, 0.25) is 0 Å². The number of aryl methyl sites for hydroxylation is 2. The van der Waals surface area contributed by atoms with Gasteiger partial charge in [0.05, 0.1) is 0 Å². The molecule has 0 aliphatic carbocycles. The third-order valence-corrected chi connectivity index (χ3v) is 6.51. The van der Waals surface area contributed by atoms with Crippen LogP contribution in [0.5, 0.6) is 0 Å². The molecule has 1 amide bonds. The third kappa shape index (κ3) is 4.40. The van der Waals surface area contributed by atoms with Gasteiger partial charge in [0.15, 0.2) is 5.66 Å². The molecule has 2 aromatic heterocycles. The fourth-order valence-corrected chi connectivity index (χ4v) is 4.72. The molecule has 0 aromatic carbocycles. The van der Waals surface area contributed by atoms with Crippen LogP contribution < -0.4 is 5.32 Å². The Labute approximate surface area is 161 Å². The van der Waals surface area contributed by atoms with Crippen LogP contribution in [0.25, 0.3) is 10.2 Å². The number of carbonyl (C=O) groups excluding carboxylic acids is 1. The zero-order valence-electron chi connectivity index (χ0n) is 14.9. The topological polar surface area (TPSA) is 79.6 Å². The van der Waals surface area contributed by atoms with Crippen molar-refractivity contribution in [1.82, 2.24) is 15.3 Å². The molecule has 136 valence electrons. The Kier molecular flexibility index (Phi) is 5.89. The van der Waals surface area contributed by atoms with Crippen molar-refractivity contribution < 1.29 is 4.79 Å². The zero-order chi connectivity index (χ0) is 18.6. The van der Waals surface area contributed by atoms with Crippen LogP contribution in [0.3, 0.4) is 0 Å². The van der Waals surface area contributed by atoms with Crippen molar-refractivity contribution in [3.8, 4) is 12.3 Å². The second-order valence-electron chi connectivity index (χ2n) is 6.23. The number of hydrogen-bond donors (Lipinski definition) is 1. The summed E-state index contributed by atoms with van der Waals surface area (Å²) in [6.07, 6.45) is 9.46. The molecule has 0 saturated carbocycles. The smallest absolute Gasteiger partial charge is 0.220 e. The van der Waals surface area contributed by atoms with Gasteiger partial charge in [-0.2, -0.15) is 10.2 Å². The third-order valence-electron chi connectivity index (χ3n) is 4.40. The van der Waals surface area contributed by atoms with Crippen molar-refractivity contribution in [1.29, 1.82) is 0 Å². The maximum atomic E-state index is 12.0. The average Bonchev–Trinajstić information content (AvgIpc) is 3.33. The lowest BCUT2D eigenvalue weighted by Gasteiger charge is -2.09. The first-order valence-electron chi connectivity index (χ1n) is 8.52. The summed E-state index contributed by atoms with van der Waals surface area (Å²) in [7, 11) is 0. The van der Waals surface area contributed by atoms with Crippen LogP contribution in [0, 0.1) is 26.2 Å². The number of nitrogens with one attached hydrogen (secondary N) is 1. The Bertz CT molecular complexity index is 878. The molecular formula is C18H21N5OS2. The first kappa shape index (κ1) is 18.8. The minimum Gasteiger partial charge on any atom is -0.356 e. The molecule has 8 heteroatoms. The normalized spacial score (nSPS) is 14.3. The van der Waals surface area contributed by atoms with Crippen molar-refractivity contribution in [3.05, 3.63) is 16.8 Å². The number of aromatic nitrogens is 2. The van der Waals surface area contributed by atoms with Crippen molar-refractivity contribution in [2.24, 2.45) is 10.2 Å². The molecule has 0 bridgehead atoms. The van der Waals surface area contributed by atoms with E-state index in [2.05, 4.69) is 45.3 Å². The fraction of sp³-hybridized carbons (Fsp3) is 0.500. The number of thiophene rings is 1. The molecular weight excluding hydrogens is 366 g/mol. The van der Waals surface area contributed by atoms with E-state index in [0.29, 0.717) is 31.6 Å². The molecule has 3 rings (SSSR count). The van der Waals surface area contributed by atoms with Crippen molar-refractivity contribution in [2.45, 2.75) is 50.2 Å². The number of nitrogens with zero attached hydrogens (tertiary/aromatic N) is 4. The van der Waals surface area contributed by atoms with Crippen molar-refractivity contribution >= 4 is 39.2 Å². The van der Waals surface area contributed by atoms with Crippen LogP contribution in [0.4, 0.5) is 0 Å². The van der Waals surface area contributed by atoms with Crippen LogP contribution >= 0.6 is 23.1 Å². The molecule has 1 aliphatic heterocycles. The van der Waals surface area contributed by atoms with E-state index in [1.807, 2.05) is 0 Å². The number of fused-ring (bicyclic) bond motifs is 1. The average molecular weight is 388 g/mol. The molecule has 0 spiro atoms. The van der Waals surface area contributed by atoms with Gasteiger partial charge in [-0.05, 0) is 19.4 Å². The molecule has 0 atom stereocenters. The standard InChI is InChI=1S/C18H21N5OS2/c1-4-5-7-18(22-23-18)8-9-19-14(24)6-10-25-16-15-12(2)13(3)26-17(15)21-11-20-16/h1,11H,5-10H2,2-3H3,(H,19,24). The summed E-state index contributed by atoms with van der Waals surface area (Å²) in [4.78, 5) is 23.0. The van der Waals surface area contributed by atoms with Crippen LogP contribution in [0.1, 0.15) is 36.1 Å². The number of terminal acetylenes is 1. The van der Waals surface area contributed by atoms with Gasteiger partial charge in [0.1, 0.15) is 16.2 Å². The molecule has 2 aromatic rings.